The summed E-state index contributed by atoms with van der Waals surface area (Å²) >= 11 is 1.61. The molecule has 7 nitrogen and oxygen atoms in total. The number of nitrogens with zero attached hydrogens (tertiary/aromatic N) is 2. The minimum atomic E-state index is -0.711. The number of likely N-dealkylation sites (tertiary alicyclic amines) is 1. The molecule has 2 aromatic rings. The van der Waals surface area contributed by atoms with Gasteiger partial charge in [-0.1, -0.05) is 45.0 Å². The van der Waals surface area contributed by atoms with Gasteiger partial charge in [0.1, 0.15) is 6.04 Å². The predicted molar refractivity (Wildman–Crippen MR) is 136 cm³/mol. The van der Waals surface area contributed by atoms with Crippen molar-refractivity contribution < 1.29 is 14.7 Å². The standard InChI is InChI=1S/C26H38N4O3S/c1-16-21(34-15-28-16)18-10-8-17(9-11-18)13-27-23(32)20-12-19(31)14-30(20)24(33)22(25(2,3)4)29-26(5,6)7/h8-11,15,19-20,22,29,31H,12-14H2,1-7H3,(H,27,32)/t19?,20-,22+/m0/s1. The third kappa shape index (κ3) is 6.43. The van der Waals surface area contributed by atoms with Crippen LogP contribution in [-0.2, 0) is 16.1 Å². The highest BCUT2D eigenvalue weighted by Gasteiger charge is 2.44. The Labute approximate surface area is 207 Å². The minimum absolute atomic E-state index is 0.150. The van der Waals surface area contributed by atoms with E-state index in [2.05, 4.69) is 15.6 Å². The lowest BCUT2D eigenvalue weighted by Crippen LogP contribution is -2.60. The summed E-state index contributed by atoms with van der Waals surface area (Å²) in [4.78, 5) is 33.6. The van der Waals surface area contributed by atoms with Gasteiger partial charge in [0.2, 0.25) is 11.8 Å². The van der Waals surface area contributed by atoms with Crippen LogP contribution in [0.5, 0.6) is 0 Å². The van der Waals surface area contributed by atoms with Crippen LogP contribution < -0.4 is 10.6 Å². The van der Waals surface area contributed by atoms with Gasteiger partial charge in [-0.05, 0) is 44.2 Å². The summed E-state index contributed by atoms with van der Waals surface area (Å²) in [5.41, 5.74) is 4.29. The number of thiazole rings is 1. The molecular formula is C26H38N4O3S. The number of aromatic nitrogens is 1. The number of β-amino-alcohol motifs (C(OH)–C–C–N with tert-alkyl or cyclic N) is 1. The molecule has 0 bridgehead atoms. The Bertz CT molecular complexity index is 1000. The van der Waals surface area contributed by atoms with Gasteiger partial charge >= 0.3 is 0 Å². The van der Waals surface area contributed by atoms with Crippen LogP contribution in [0.2, 0.25) is 0 Å². The number of hydrogen-bond donors (Lipinski definition) is 3. The quantitative estimate of drug-likeness (QED) is 0.581. The lowest BCUT2D eigenvalue weighted by atomic mass is 9.84. The Morgan fingerprint density at radius 1 is 1.18 bits per heavy atom. The third-order valence-corrected chi connectivity index (χ3v) is 6.96. The van der Waals surface area contributed by atoms with E-state index in [4.69, 9.17) is 0 Å². The van der Waals surface area contributed by atoms with Crippen molar-refractivity contribution in [1.29, 1.82) is 0 Å². The molecule has 1 aliphatic heterocycles. The van der Waals surface area contributed by atoms with Crippen molar-refractivity contribution in [3.8, 4) is 10.4 Å². The van der Waals surface area contributed by atoms with Gasteiger partial charge in [0.15, 0.2) is 0 Å². The largest absolute Gasteiger partial charge is 0.391 e. The smallest absolute Gasteiger partial charge is 0.243 e. The number of amides is 2. The van der Waals surface area contributed by atoms with E-state index in [1.54, 1.807) is 16.2 Å². The highest BCUT2D eigenvalue weighted by Crippen LogP contribution is 2.29. The molecule has 1 saturated heterocycles. The first-order valence-corrected chi connectivity index (χ1v) is 12.7. The number of benzene rings is 1. The molecule has 1 fully saturated rings. The molecule has 8 heteroatoms. The fraction of sp³-hybridized carbons (Fsp3) is 0.577. The molecule has 2 amide bonds. The fourth-order valence-corrected chi connectivity index (χ4v) is 5.02. The van der Waals surface area contributed by atoms with Crippen LogP contribution in [0, 0.1) is 12.3 Å². The molecule has 1 aromatic heterocycles. The van der Waals surface area contributed by atoms with Gasteiger partial charge in [0.25, 0.3) is 0 Å². The van der Waals surface area contributed by atoms with Crippen molar-refractivity contribution in [3.05, 3.63) is 41.0 Å². The monoisotopic (exact) mass is 486 g/mol. The maximum atomic E-state index is 13.6. The van der Waals surface area contributed by atoms with Crippen LogP contribution in [0.3, 0.4) is 0 Å². The summed E-state index contributed by atoms with van der Waals surface area (Å²) in [5.74, 6) is -0.390. The Hall–Kier alpha value is -2.29. The van der Waals surface area contributed by atoms with Gasteiger partial charge in [-0.15, -0.1) is 11.3 Å². The Morgan fingerprint density at radius 3 is 2.35 bits per heavy atom. The average Bonchev–Trinajstić information content (AvgIpc) is 3.34. The van der Waals surface area contributed by atoms with E-state index in [0.717, 1.165) is 21.7 Å². The van der Waals surface area contributed by atoms with Crippen LogP contribution in [0.15, 0.2) is 29.8 Å². The van der Waals surface area contributed by atoms with Gasteiger partial charge < -0.3 is 20.6 Å². The molecule has 1 aromatic carbocycles. The van der Waals surface area contributed by atoms with Crippen LogP contribution in [0.4, 0.5) is 0 Å². The SMILES string of the molecule is Cc1ncsc1-c1ccc(CNC(=O)[C@@H]2CC(O)CN2C(=O)[C@@H](NC(C)(C)C)C(C)(C)C)cc1. The zero-order valence-electron chi connectivity index (χ0n) is 21.3. The summed E-state index contributed by atoms with van der Waals surface area (Å²) in [7, 11) is 0. The van der Waals surface area contributed by atoms with Crippen molar-refractivity contribution in [1.82, 2.24) is 20.5 Å². The predicted octanol–water partition coefficient (Wildman–Crippen LogP) is 3.50. The normalized spacial score (nSPS) is 19.8. The number of nitrogens with one attached hydrogen (secondary N) is 2. The second-order valence-electron chi connectivity index (χ2n) is 11.3. The van der Waals surface area contributed by atoms with Crippen LogP contribution in [0.1, 0.15) is 59.2 Å². The van der Waals surface area contributed by atoms with E-state index in [0.29, 0.717) is 6.54 Å². The molecule has 3 N–H and O–H groups in total. The molecule has 0 saturated carbocycles. The summed E-state index contributed by atoms with van der Waals surface area (Å²) in [6.45, 7) is 14.6. The molecule has 1 aliphatic rings. The number of rotatable bonds is 6. The molecule has 2 heterocycles. The van der Waals surface area contributed by atoms with Gasteiger partial charge in [-0.25, -0.2) is 4.98 Å². The molecule has 0 radical (unpaired) electrons. The molecule has 0 aliphatic carbocycles. The van der Waals surface area contributed by atoms with E-state index in [1.807, 2.05) is 78.2 Å². The molecule has 3 rings (SSSR count). The second-order valence-corrected chi connectivity index (χ2v) is 12.1. The molecule has 1 unspecified atom stereocenters. The summed E-state index contributed by atoms with van der Waals surface area (Å²) in [6.07, 6.45) is -0.468. The van der Waals surface area contributed by atoms with Crippen LogP contribution >= 0.6 is 11.3 Å². The topological polar surface area (TPSA) is 94.6 Å². The first-order chi connectivity index (χ1) is 15.8. The minimum Gasteiger partial charge on any atom is -0.391 e. The first kappa shape index (κ1) is 26.3. The fourth-order valence-electron chi connectivity index (χ4n) is 4.21. The number of carbonyl (C=O) groups is 2. The highest BCUT2D eigenvalue weighted by molar-refractivity contribution is 7.13. The van der Waals surface area contributed by atoms with Crippen LogP contribution in [0.25, 0.3) is 10.4 Å². The van der Waals surface area contributed by atoms with E-state index < -0.39 is 18.2 Å². The Kier molecular flexibility index (Phi) is 7.85. The van der Waals surface area contributed by atoms with Crippen molar-refractivity contribution in [2.75, 3.05) is 6.54 Å². The number of hydrogen-bond acceptors (Lipinski definition) is 6. The Morgan fingerprint density at radius 2 is 1.82 bits per heavy atom. The van der Waals surface area contributed by atoms with E-state index in [-0.39, 0.29) is 35.7 Å². The van der Waals surface area contributed by atoms with Crippen LogP contribution in [-0.4, -0.2) is 57.1 Å². The summed E-state index contributed by atoms with van der Waals surface area (Å²) < 4.78 is 0. The third-order valence-electron chi connectivity index (χ3n) is 5.98. The molecule has 3 atom stereocenters. The van der Waals surface area contributed by atoms with Crippen molar-refractivity contribution in [3.63, 3.8) is 0 Å². The van der Waals surface area contributed by atoms with Crippen molar-refractivity contribution in [2.24, 2.45) is 5.41 Å². The summed E-state index contributed by atoms with van der Waals surface area (Å²) in [6, 6.07) is 6.88. The average molecular weight is 487 g/mol. The van der Waals surface area contributed by atoms with Gasteiger partial charge in [-0.3, -0.25) is 9.59 Å². The van der Waals surface area contributed by atoms with Crippen molar-refractivity contribution >= 4 is 23.2 Å². The lowest BCUT2D eigenvalue weighted by molar-refractivity contribution is -0.142. The zero-order valence-corrected chi connectivity index (χ0v) is 22.1. The molecule has 186 valence electrons. The van der Waals surface area contributed by atoms with Gasteiger partial charge in [0, 0.05) is 25.0 Å². The maximum absolute atomic E-state index is 13.6. The lowest BCUT2D eigenvalue weighted by Gasteiger charge is -2.39. The maximum Gasteiger partial charge on any atom is 0.243 e. The van der Waals surface area contributed by atoms with E-state index in [1.165, 1.54) is 0 Å². The van der Waals surface area contributed by atoms with Gasteiger partial charge in [0.05, 0.1) is 28.2 Å². The van der Waals surface area contributed by atoms with E-state index in [9.17, 15) is 14.7 Å². The highest BCUT2D eigenvalue weighted by atomic mass is 32.1. The zero-order chi connectivity index (χ0) is 25.3. The Balaban J connectivity index is 1.68. The number of aryl methyl sites for hydroxylation is 1. The molecular weight excluding hydrogens is 448 g/mol. The first-order valence-electron chi connectivity index (χ1n) is 11.8. The van der Waals surface area contributed by atoms with E-state index >= 15 is 0 Å². The number of aliphatic hydroxyl groups is 1. The summed E-state index contributed by atoms with van der Waals surface area (Å²) in [5, 5.41) is 16.7. The number of aliphatic hydroxyl groups excluding tert-OH is 1. The number of carbonyl (C=O) groups excluding carboxylic acids is 2. The van der Waals surface area contributed by atoms with Crippen molar-refractivity contribution in [2.45, 2.75) is 85.2 Å². The molecule has 34 heavy (non-hydrogen) atoms. The molecule has 0 spiro atoms. The van der Waals surface area contributed by atoms with Gasteiger partial charge in [-0.2, -0.15) is 0 Å². The second kappa shape index (κ2) is 10.1.